The minimum absolute atomic E-state index is 0.444. The lowest BCUT2D eigenvalue weighted by atomic mass is 9.77. The molecular formula is C18H35N3. The zero-order valence-electron chi connectivity index (χ0n) is 14.4. The summed E-state index contributed by atoms with van der Waals surface area (Å²) in [6.45, 7) is 9.89. The van der Waals surface area contributed by atoms with Crippen LogP contribution in [0.5, 0.6) is 0 Å². The maximum atomic E-state index is 3.99. The van der Waals surface area contributed by atoms with Crippen LogP contribution in [0.25, 0.3) is 0 Å². The number of likely N-dealkylation sites (tertiary alicyclic amines) is 1. The second-order valence-corrected chi connectivity index (χ2v) is 8.26. The van der Waals surface area contributed by atoms with E-state index in [0.717, 1.165) is 18.0 Å². The molecule has 21 heavy (non-hydrogen) atoms. The largest absolute Gasteiger partial charge is 0.308 e. The smallest absolute Gasteiger partial charge is 0.0309 e. The van der Waals surface area contributed by atoms with Gasteiger partial charge in [-0.15, -0.1) is 0 Å². The highest BCUT2D eigenvalue weighted by Gasteiger charge is 2.43. The minimum atomic E-state index is 0.444. The van der Waals surface area contributed by atoms with Gasteiger partial charge in [0.2, 0.25) is 0 Å². The van der Waals surface area contributed by atoms with E-state index in [2.05, 4.69) is 36.0 Å². The van der Waals surface area contributed by atoms with E-state index in [1.54, 1.807) is 0 Å². The third-order valence-corrected chi connectivity index (χ3v) is 6.25. The molecule has 3 rings (SSSR count). The van der Waals surface area contributed by atoms with Crippen LogP contribution < -0.4 is 5.32 Å². The number of likely N-dealkylation sites (N-methyl/N-ethyl adjacent to an activating group) is 1. The van der Waals surface area contributed by atoms with E-state index < -0.39 is 0 Å². The van der Waals surface area contributed by atoms with Gasteiger partial charge in [0.25, 0.3) is 0 Å². The Morgan fingerprint density at radius 2 is 1.86 bits per heavy atom. The van der Waals surface area contributed by atoms with Crippen LogP contribution >= 0.6 is 0 Å². The molecule has 2 heterocycles. The molecule has 1 spiro atoms. The van der Waals surface area contributed by atoms with Crippen LogP contribution in [-0.4, -0.2) is 60.6 Å². The fourth-order valence-corrected chi connectivity index (χ4v) is 4.95. The molecule has 1 N–H and O–H groups in total. The van der Waals surface area contributed by atoms with Crippen molar-refractivity contribution in [1.82, 2.24) is 15.1 Å². The quantitative estimate of drug-likeness (QED) is 0.844. The van der Waals surface area contributed by atoms with E-state index in [-0.39, 0.29) is 0 Å². The van der Waals surface area contributed by atoms with Crippen molar-refractivity contribution in [2.24, 2.45) is 5.92 Å². The van der Waals surface area contributed by atoms with Gasteiger partial charge in [-0.2, -0.15) is 0 Å². The van der Waals surface area contributed by atoms with Crippen molar-refractivity contribution < 1.29 is 0 Å². The molecule has 2 saturated heterocycles. The van der Waals surface area contributed by atoms with E-state index >= 15 is 0 Å². The first-order valence-corrected chi connectivity index (χ1v) is 9.29. The Morgan fingerprint density at radius 1 is 1.10 bits per heavy atom. The summed E-state index contributed by atoms with van der Waals surface area (Å²) in [5.74, 6) is 0.755. The van der Waals surface area contributed by atoms with E-state index in [9.17, 15) is 0 Å². The van der Waals surface area contributed by atoms with Gasteiger partial charge in [-0.25, -0.2) is 0 Å². The Kier molecular flexibility index (Phi) is 4.92. The zero-order chi connectivity index (χ0) is 14.9. The van der Waals surface area contributed by atoms with Crippen molar-refractivity contribution in [3.05, 3.63) is 0 Å². The van der Waals surface area contributed by atoms with Gasteiger partial charge < -0.3 is 10.2 Å². The summed E-state index contributed by atoms with van der Waals surface area (Å²) in [6, 6.07) is 1.52. The molecule has 2 unspecified atom stereocenters. The van der Waals surface area contributed by atoms with Gasteiger partial charge >= 0.3 is 0 Å². The minimum Gasteiger partial charge on any atom is -0.308 e. The molecule has 0 amide bonds. The molecule has 2 aliphatic heterocycles. The molecule has 2 atom stereocenters. The summed E-state index contributed by atoms with van der Waals surface area (Å²) in [4.78, 5) is 5.46. The van der Waals surface area contributed by atoms with Crippen LogP contribution in [0, 0.1) is 5.92 Å². The summed E-state index contributed by atoms with van der Waals surface area (Å²) in [5, 5.41) is 3.99. The molecular weight excluding hydrogens is 258 g/mol. The molecule has 0 radical (unpaired) electrons. The summed E-state index contributed by atoms with van der Waals surface area (Å²) in [6.07, 6.45) is 9.89. The molecule has 0 aromatic heterocycles. The number of rotatable bonds is 2. The van der Waals surface area contributed by atoms with Crippen LogP contribution in [0.15, 0.2) is 0 Å². The molecule has 0 bridgehead atoms. The molecule has 122 valence electrons. The monoisotopic (exact) mass is 293 g/mol. The van der Waals surface area contributed by atoms with Crippen molar-refractivity contribution in [2.75, 3.05) is 33.2 Å². The second-order valence-electron chi connectivity index (χ2n) is 8.26. The SMILES string of the molecule is CC(C)C1CNC2(CCCCC2)CN1C1CCCN(C)C1. The topological polar surface area (TPSA) is 18.5 Å². The number of nitrogens with zero attached hydrogens (tertiary/aromatic N) is 2. The third kappa shape index (κ3) is 3.46. The Morgan fingerprint density at radius 3 is 2.52 bits per heavy atom. The maximum absolute atomic E-state index is 3.99. The summed E-state index contributed by atoms with van der Waals surface area (Å²) >= 11 is 0. The number of piperidine rings is 1. The molecule has 1 aliphatic carbocycles. The molecule has 3 nitrogen and oxygen atoms in total. The van der Waals surface area contributed by atoms with Crippen molar-refractivity contribution >= 4 is 0 Å². The third-order valence-electron chi connectivity index (χ3n) is 6.25. The lowest BCUT2D eigenvalue weighted by Crippen LogP contribution is -2.69. The van der Waals surface area contributed by atoms with Crippen LogP contribution in [0.1, 0.15) is 58.8 Å². The van der Waals surface area contributed by atoms with Gasteiger partial charge in [0.15, 0.2) is 0 Å². The lowest BCUT2D eigenvalue weighted by Gasteiger charge is -2.54. The van der Waals surface area contributed by atoms with Crippen LogP contribution in [0.3, 0.4) is 0 Å². The highest BCUT2D eigenvalue weighted by molar-refractivity contribution is 5.02. The molecule has 3 heteroatoms. The number of piperazine rings is 1. The normalized spacial score (nSPS) is 35.4. The molecule has 1 saturated carbocycles. The van der Waals surface area contributed by atoms with Gasteiger partial charge in [0, 0.05) is 37.3 Å². The first kappa shape index (κ1) is 15.8. The first-order valence-electron chi connectivity index (χ1n) is 9.29. The molecule has 3 fully saturated rings. The van der Waals surface area contributed by atoms with Gasteiger partial charge in [0.05, 0.1) is 0 Å². The van der Waals surface area contributed by atoms with Gasteiger partial charge in [-0.05, 0) is 45.2 Å². The van der Waals surface area contributed by atoms with Crippen molar-refractivity contribution in [1.29, 1.82) is 0 Å². The highest BCUT2D eigenvalue weighted by atomic mass is 15.3. The van der Waals surface area contributed by atoms with E-state index in [0.29, 0.717) is 5.54 Å². The summed E-state index contributed by atoms with van der Waals surface area (Å²) < 4.78 is 0. The molecule has 0 aromatic rings. The van der Waals surface area contributed by atoms with Crippen molar-refractivity contribution in [3.63, 3.8) is 0 Å². The number of nitrogens with one attached hydrogen (secondary N) is 1. The Balaban J connectivity index is 1.74. The number of hydrogen-bond donors (Lipinski definition) is 1. The molecule has 3 aliphatic rings. The first-order chi connectivity index (χ1) is 10.1. The van der Waals surface area contributed by atoms with Crippen molar-refractivity contribution in [3.8, 4) is 0 Å². The second kappa shape index (κ2) is 6.55. The summed E-state index contributed by atoms with van der Waals surface area (Å²) in [5.41, 5.74) is 0.444. The Bertz CT molecular complexity index is 335. The predicted molar refractivity (Wildman–Crippen MR) is 89.7 cm³/mol. The Labute approximate surface area is 131 Å². The maximum Gasteiger partial charge on any atom is 0.0309 e. The average molecular weight is 293 g/mol. The lowest BCUT2D eigenvalue weighted by molar-refractivity contribution is -0.0141. The van der Waals surface area contributed by atoms with Gasteiger partial charge in [0.1, 0.15) is 0 Å². The average Bonchev–Trinajstić information content (AvgIpc) is 2.48. The van der Waals surface area contributed by atoms with Crippen LogP contribution in [0.4, 0.5) is 0 Å². The predicted octanol–water partition coefficient (Wildman–Crippen LogP) is 2.71. The zero-order valence-corrected chi connectivity index (χ0v) is 14.4. The van der Waals surface area contributed by atoms with Gasteiger partial charge in [-0.1, -0.05) is 33.1 Å². The van der Waals surface area contributed by atoms with E-state index in [4.69, 9.17) is 0 Å². The van der Waals surface area contributed by atoms with Crippen LogP contribution in [-0.2, 0) is 0 Å². The Hall–Kier alpha value is -0.120. The van der Waals surface area contributed by atoms with Gasteiger partial charge in [-0.3, -0.25) is 4.90 Å². The fourth-order valence-electron chi connectivity index (χ4n) is 4.95. The van der Waals surface area contributed by atoms with E-state index in [1.807, 2.05) is 0 Å². The molecule has 0 aromatic carbocycles. The van der Waals surface area contributed by atoms with E-state index in [1.165, 1.54) is 71.1 Å². The highest BCUT2D eigenvalue weighted by Crippen LogP contribution is 2.35. The van der Waals surface area contributed by atoms with Crippen LogP contribution in [0.2, 0.25) is 0 Å². The number of hydrogen-bond acceptors (Lipinski definition) is 3. The van der Waals surface area contributed by atoms with Crippen molar-refractivity contribution in [2.45, 2.75) is 76.4 Å². The summed E-state index contributed by atoms with van der Waals surface area (Å²) in [7, 11) is 2.30. The fraction of sp³-hybridized carbons (Fsp3) is 1.00. The standard InChI is InChI=1S/C18H35N3/c1-15(2)17-12-19-18(9-5-4-6-10-18)14-21(17)16-8-7-11-20(3)13-16/h15-17,19H,4-14H2,1-3H3.